The molecule has 0 bridgehead atoms. The number of likely N-dealkylation sites (tertiary alicyclic amines) is 1. The first-order chi connectivity index (χ1) is 15.4. The zero-order chi connectivity index (χ0) is 22.3. The lowest BCUT2D eigenvalue weighted by atomic mass is 9.84. The monoisotopic (exact) mass is 468 g/mol. The summed E-state index contributed by atoms with van der Waals surface area (Å²) in [6, 6.07) is 19.7. The Hall–Kier alpha value is -2.54. The average molecular weight is 469 g/mol. The maximum atomic E-state index is 13.5. The first-order valence-corrected chi connectivity index (χ1v) is 11.9. The van der Waals surface area contributed by atoms with Crippen molar-refractivity contribution in [3.8, 4) is 0 Å². The van der Waals surface area contributed by atoms with E-state index in [2.05, 4.69) is 4.90 Å². The third kappa shape index (κ3) is 3.87. The molecule has 0 saturated carbocycles. The zero-order valence-corrected chi connectivity index (χ0v) is 18.9. The van der Waals surface area contributed by atoms with E-state index in [-0.39, 0.29) is 11.7 Å². The molecule has 0 unspecified atom stereocenters. The quantitative estimate of drug-likeness (QED) is 0.527. The van der Waals surface area contributed by atoms with E-state index in [4.69, 9.17) is 11.6 Å². The molecule has 0 radical (unpaired) electrons. The van der Waals surface area contributed by atoms with E-state index in [0.717, 1.165) is 21.8 Å². The fourth-order valence-electron chi connectivity index (χ4n) is 4.40. The number of halogens is 2. The smallest absolute Gasteiger partial charge is 0.253 e. The first kappa shape index (κ1) is 21.3. The van der Waals surface area contributed by atoms with Gasteiger partial charge in [0, 0.05) is 39.8 Å². The lowest BCUT2D eigenvalue weighted by molar-refractivity contribution is -0.0210. The molecular weight excluding hydrogens is 447 g/mol. The minimum absolute atomic E-state index is 0.0453. The summed E-state index contributed by atoms with van der Waals surface area (Å²) in [6.07, 6.45) is 0.887. The molecule has 7 heteroatoms. The van der Waals surface area contributed by atoms with Crippen LogP contribution in [0.15, 0.2) is 71.6 Å². The molecule has 1 amide bonds. The summed E-state index contributed by atoms with van der Waals surface area (Å²) in [4.78, 5) is 17.9. The van der Waals surface area contributed by atoms with Crippen LogP contribution in [-0.2, 0) is 5.60 Å². The van der Waals surface area contributed by atoms with Gasteiger partial charge in [-0.2, -0.15) is 0 Å². The van der Waals surface area contributed by atoms with E-state index >= 15 is 0 Å². The number of piperidine rings is 1. The lowest BCUT2D eigenvalue weighted by Crippen LogP contribution is -2.45. The molecule has 1 saturated heterocycles. The van der Waals surface area contributed by atoms with Gasteiger partial charge in [0.15, 0.2) is 0 Å². The minimum atomic E-state index is -1.01. The van der Waals surface area contributed by atoms with Crippen LogP contribution in [0.5, 0.6) is 0 Å². The second kappa shape index (κ2) is 8.43. The molecule has 1 fully saturated rings. The van der Waals surface area contributed by atoms with Crippen LogP contribution in [0.2, 0.25) is 5.02 Å². The first-order valence-electron chi connectivity index (χ1n) is 10.5. The van der Waals surface area contributed by atoms with Gasteiger partial charge in [0.1, 0.15) is 5.82 Å². The Labute approximate surface area is 195 Å². The van der Waals surface area contributed by atoms with Gasteiger partial charge in [0.25, 0.3) is 5.91 Å². The Bertz CT molecular complexity index is 1160. The summed E-state index contributed by atoms with van der Waals surface area (Å²) in [6.45, 7) is 0.925. The Balaban J connectivity index is 1.27. The molecule has 2 heterocycles. The van der Waals surface area contributed by atoms with E-state index in [1.165, 1.54) is 6.07 Å². The number of rotatable bonds is 3. The maximum absolute atomic E-state index is 13.5. The highest BCUT2D eigenvalue weighted by molar-refractivity contribution is 7.99. The van der Waals surface area contributed by atoms with Crippen molar-refractivity contribution < 1.29 is 14.3 Å². The van der Waals surface area contributed by atoms with Crippen LogP contribution in [0.1, 0.15) is 28.8 Å². The number of hydrogen-bond acceptors (Lipinski definition) is 4. The van der Waals surface area contributed by atoms with Crippen LogP contribution in [0.4, 0.5) is 15.8 Å². The van der Waals surface area contributed by atoms with E-state index in [1.54, 1.807) is 34.9 Å². The highest BCUT2D eigenvalue weighted by Crippen LogP contribution is 2.43. The van der Waals surface area contributed by atoms with Crippen molar-refractivity contribution >= 4 is 40.6 Å². The molecule has 3 aromatic rings. The van der Waals surface area contributed by atoms with Crippen molar-refractivity contribution in [2.45, 2.75) is 23.3 Å². The second-order valence-corrected chi connectivity index (χ2v) is 9.56. The maximum Gasteiger partial charge on any atom is 0.253 e. The van der Waals surface area contributed by atoms with Gasteiger partial charge in [-0.05, 0) is 61.4 Å². The number of nitrogens with zero attached hydrogens (tertiary/aromatic N) is 2. The highest BCUT2D eigenvalue weighted by Gasteiger charge is 2.37. The van der Waals surface area contributed by atoms with Crippen LogP contribution in [0.25, 0.3) is 0 Å². The fourth-order valence-corrected chi connectivity index (χ4v) is 5.79. The number of thioether (sulfide) groups is 1. The van der Waals surface area contributed by atoms with Gasteiger partial charge < -0.3 is 14.9 Å². The number of anilines is 2. The number of carbonyl (C=O) groups is 1. The number of fused-ring (bicyclic) bond motifs is 1. The largest absolute Gasteiger partial charge is 0.385 e. The van der Waals surface area contributed by atoms with Gasteiger partial charge in [0.05, 0.1) is 17.2 Å². The van der Waals surface area contributed by atoms with Crippen molar-refractivity contribution in [1.82, 2.24) is 4.90 Å². The van der Waals surface area contributed by atoms with Gasteiger partial charge in [-0.25, -0.2) is 4.39 Å². The fraction of sp³-hybridized carbons (Fsp3) is 0.240. The van der Waals surface area contributed by atoms with E-state index in [9.17, 15) is 14.3 Å². The van der Waals surface area contributed by atoms with Gasteiger partial charge in [-0.15, -0.1) is 11.8 Å². The number of carbonyl (C=O) groups excluding carboxylic acids is 1. The molecule has 3 aromatic carbocycles. The molecule has 32 heavy (non-hydrogen) atoms. The molecule has 2 aliphatic heterocycles. The summed E-state index contributed by atoms with van der Waals surface area (Å²) in [5.41, 5.74) is 2.26. The van der Waals surface area contributed by atoms with Crippen LogP contribution >= 0.6 is 23.4 Å². The third-order valence-electron chi connectivity index (χ3n) is 6.24. The molecule has 2 aliphatic rings. The van der Waals surface area contributed by atoms with E-state index < -0.39 is 5.60 Å². The Morgan fingerprint density at radius 2 is 1.75 bits per heavy atom. The second-order valence-electron chi connectivity index (χ2n) is 8.16. The summed E-state index contributed by atoms with van der Waals surface area (Å²) in [5, 5.41) is 11.6. The average Bonchev–Trinajstić information content (AvgIpc) is 3.22. The molecule has 4 nitrogen and oxygen atoms in total. The lowest BCUT2D eigenvalue weighted by Gasteiger charge is -2.39. The van der Waals surface area contributed by atoms with Gasteiger partial charge in [-0.1, -0.05) is 29.8 Å². The number of aliphatic hydroxyl groups is 1. The van der Waals surface area contributed by atoms with Crippen molar-refractivity contribution in [3.63, 3.8) is 0 Å². The number of amides is 1. The summed E-state index contributed by atoms with van der Waals surface area (Å²) < 4.78 is 13.5. The molecule has 0 spiro atoms. The molecule has 1 N–H and O–H groups in total. The van der Waals surface area contributed by atoms with Crippen molar-refractivity contribution in [2.75, 3.05) is 23.9 Å². The Morgan fingerprint density at radius 1 is 1.03 bits per heavy atom. The van der Waals surface area contributed by atoms with Gasteiger partial charge in [0.2, 0.25) is 0 Å². The number of benzene rings is 3. The van der Waals surface area contributed by atoms with Crippen molar-refractivity contribution in [2.24, 2.45) is 0 Å². The molecule has 0 aromatic heterocycles. The van der Waals surface area contributed by atoms with Crippen molar-refractivity contribution in [1.29, 1.82) is 0 Å². The minimum Gasteiger partial charge on any atom is -0.385 e. The zero-order valence-electron chi connectivity index (χ0n) is 17.3. The highest BCUT2D eigenvalue weighted by atomic mass is 35.5. The molecule has 5 rings (SSSR count). The summed E-state index contributed by atoms with van der Waals surface area (Å²) in [7, 11) is 0. The predicted octanol–water partition coefficient (Wildman–Crippen LogP) is 5.80. The Kier molecular flexibility index (Phi) is 5.61. The van der Waals surface area contributed by atoms with Crippen LogP contribution in [0.3, 0.4) is 0 Å². The molecular formula is C25H22ClFN2O2S. The molecule has 0 atom stereocenters. The third-order valence-corrected chi connectivity index (χ3v) is 7.60. The van der Waals surface area contributed by atoms with Crippen LogP contribution in [-0.4, -0.2) is 34.9 Å². The molecule has 164 valence electrons. The van der Waals surface area contributed by atoms with Crippen LogP contribution < -0.4 is 4.90 Å². The summed E-state index contributed by atoms with van der Waals surface area (Å²) in [5.74, 6) is 0.428. The van der Waals surface area contributed by atoms with Crippen molar-refractivity contribution in [3.05, 3.63) is 88.7 Å². The predicted molar refractivity (Wildman–Crippen MR) is 126 cm³/mol. The van der Waals surface area contributed by atoms with Gasteiger partial charge in [-0.3, -0.25) is 4.79 Å². The van der Waals surface area contributed by atoms with E-state index in [0.29, 0.717) is 42.4 Å². The number of hydrogen-bond donors (Lipinski definition) is 1. The van der Waals surface area contributed by atoms with E-state index in [1.807, 2.05) is 42.5 Å². The topological polar surface area (TPSA) is 43.8 Å². The normalized spacial score (nSPS) is 17.3. The SMILES string of the molecule is O=C(c1ccc(N2CSc3cc(F)ccc32)cc1)N1CCC(O)(c2ccccc2Cl)CC1. The standard InChI is InChI=1S/C25H22ClFN2O2S/c26-21-4-2-1-3-20(21)25(31)11-13-28(14-12-25)24(30)17-5-8-19(9-6-17)29-16-32-23-15-18(27)7-10-22(23)29/h1-10,15,31H,11-14,16H2. The summed E-state index contributed by atoms with van der Waals surface area (Å²) >= 11 is 7.88. The Morgan fingerprint density at radius 3 is 2.47 bits per heavy atom. The molecule has 0 aliphatic carbocycles. The van der Waals surface area contributed by atoms with Gasteiger partial charge >= 0.3 is 0 Å². The van der Waals surface area contributed by atoms with Crippen LogP contribution in [0, 0.1) is 5.82 Å².